The first-order valence-electron chi connectivity index (χ1n) is 7.58. The van der Waals surface area contributed by atoms with Crippen LogP contribution in [0.25, 0.3) is 11.1 Å². The highest BCUT2D eigenvalue weighted by Gasteiger charge is 2.53. The van der Waals surface area contributed by atoms with Gasteiger partial charge in [-0.3, -0.25) is 0 Å². The summed E-state index contributed by atoms with van der Waals surface area (Å²) in [5.41, 5.74) is 10.6. The number of hydrogen-bond donors (Lipinski definition) is 1. The Labute approximate surface area is 119 Å². The Morgan fingerprint density at radius 1 is 1.10 bits per heavy atom. The third kappa shape index (κ3) is 1.76. The molecule has 0 radical (unpaired) electrons. The highest BCUT2D eigenvalue weighted by Crippen LogP contribution is 2.62. The van der Waals surface area contributed by atoms with E-state index in [0.29, 0.717) is 11.8 Å². The van der Waals surface area contributed by atoms with E-state index in [4.69, 9.17) is 10.3 Å². The monoisotopic (exact) mass is 268 g/mol. The molecule has 0 amide bonds. The molecule has 2 aromatic rings. The van der Waals surface area contributed by atoms with Gasteiger partial charge < -0.3 is 10.3 Å². The molecular formula is C17H20N2O. The number of aromatic nitrogens is 1. The molecule has 1 aromatic heterocycles. The number of nitrogens with zero attached hydrogens (tertiary/aromatic N) is 1. The normalized spacial score (nSPS) is 28.1. The zero-order chi connectivity index (χ0) is 13.7. The van der Waals surface area contributed by atoms with E-state index in [2.05, 4.69) is 36.3 Å². The van der Waals surface area contributed by atoms with Gasteiger partial charge in [0.05, 0.1) is 11.3 Å². The van der Waals surface area contributed by atoms with E-state index in [1.807, 2.05) is 0 Å². The molecule has 2 atom stereocenters. The second-order valence-electron chi connectivity index (χ2n) is 6.31. The van der Waals surface area contributed by atoms with Crippen LogP contribution in [0.5, 0.6) is 0 Å². The predicted molar refractivity (Wildman–Crippen MR) is 79.3 cm³/mol. The van der Waals surface area contributed by atoms with Gasteiger partial charge in [-0.2, -0.15) is 0 Å². The number of hydrogen-bond acceptors (Lipinski definition) is 3. The van der Waals surface area contributed by atoms with Crippen LogP contribution < -0.4 is 5.73 Å². The Morgan fingerprint density at radius 2 is 1.75 bits per heavy atom. The first-order valence-corrected chi connectivity index (χ1v) is 7.58. The van der Waals surface area contributed by atoms with E-state index in [1.54, 1.807) is 0 Å². The fourth-order valence-electron chi connectivity index (χ4n) is 3.95. The van der Waals surface area contributed by atoms with Crippen molar-refractivity contribution < 1.29 is 4.52 Å². The molecule has 2 fully saturated rings. The number of nitrogen functional groups attached to an aromatic ring is 1. The second kappa shape index (κ2) is 4.37. The Kier molecular flexibility index (Phi) is 2.62. The van der Waals surface area contributed by atoms with Crippen molar-refractivity contribution in [2.45, 2.75) is 38.5 Å². The Hall–Kier alpha value is -1.77. The number of anilines is 1. The lowest BCUT2D eigenvalue weighted by Crippen LogP contribution is -1.91. The molecule has 0 spiro atoms. The predicted octanol–water partition coefficient (Wildman–Crippen LogP) is 4.14. The van der Waals surface area contributed by atoms with Crippen LogP contribution in [-0.2, 0) is 0 Å². The Bertz CT molecular complexity index is 617. The molecule has 3 heteroatoms. The van der Waals surface area contributed by atoms with Gasteiger partial charge >= 0.3 is 0 Å². The highest BCUT2D eigenvalue weighted by atomic mass is 16.5. The molecule has 0 aliphatic heterocycles. The van der Waals surface area contributed by atoms with Crippen molar-refractivity contribution in [1.29, 1.82) is 0 Å². The van der Waals surface area contributed by atoms with E-state index >= 15 is 0 Å². The van der Waals surface area contributed by atoms with Crippen LogP contribution in [0.2, 0.25) is 0 Å². The molecule has 1 aromatic carbocycles. The largest absolute Gasteiger partial charge is 0.367 e. The van der Waals surface area contributed by atoms with Gasteiger partial charge in [-0.15, -0.1) is 0 Å². The third-order valence-electron chi connectivity index (χ3n) is 5.06. The topological polar surface area (TPSA) is 52.0 Å². The number of aryl methyl sites for hydroxylation is 1. The zero-order valence-corrected chi connectivity index (χ0v) is 11.8. The van der Waals surface area contributed by atoms with Gasteiger partial charge in [0.1, 0.15) is 0 Å². The lowest BCUT2D eigenvalue weighted by atomic mass is 10.0. The van der Waals surface area contributed by atoms with Crippen LogP contribution in [0, 0.1) is 18.8 Å². The molecule has 2 unspecified atom stereocenters. The van der Waals surface area contributed by atoms with Crippen molar-refractivity contribution in [2.75, 3.05) is 5.73 Å². The van der Waals surface area contributed by atoms with Crippen molar-refractivity contribution in [1.82, 2.24) is 5.16 Å². The van der Waals surface area contributed by atoms with Crippen LogP contribution in [0.1, 0.15) is 42.9 Å². The standard InChI is InChI=1S/C17H20N2O/c1-10-6-8-11(9-7-10)14-16(19-20-17(14)18)15-12-4-2-3-5-13(12)15/h6-9,12-13,15H,2-5,18H2,1H3. The lowest BCUT2D eigenvalue weighted by molar-refractivity contribution is 0.426. The van der Waals surface area contributed by atoms with E-state index in [9.17, 15) is 0 Å². The molecule has 4 rings (SSSR count). The summed E-state index contributed by atoms with van der Waals surface area (Å²) in [5, 5.41) is 4.30. The van der Waals surface area contributed by atoms with Gasteiger partial charge in [0, 0.05) is 5.92 Å². The summed E-state index contributed by atoms with van der Waals surface area (Å²) in [7, 11) is 0. The van der Waals surface area contributed by atoms with Crippen LogP contribution >= 0.6 is 0 Å². The number of rotatable bonds is 2. The quantitative estimate of drug-likeness (QED) is 0.890. The first-order chi connectivity index (χ1) is 9.75. The molecule has 0 saturated heterocycles. The van der Waals surface area contributed by atoms with E-state index < -0.39 is 0 Å². The lowest BCUT2D eigenvalue weighted by Gasteiger charge is -2.04. The SMILES string of the molecule is Cc1ccc(-c2c(C3C4CCCCC43)noc2N)cc1. The van der Waals surface area contributed by atoms with Gasteiger partial charge in [-0.05, 0) is 37.2 Å². The minimum absolute atomic E-state index is 0.465. The maximum Gasteiger partial charge on any atom is 0.230 e. The molecule has 2 N–H and O–H groups in total. The fraction of sp³-hybridized carbons (Fsp3) is 0.471. The number of benzene rings is 1. The Morgan fingerprint density at radius 3 is 2.40 bits per heavy atom. The average molecular weight is 268 g/mol. The molecule has 20 heavy (non-hydrogen) atoms. The van der Waals surface area contributed by atoms with Crippen molar-refractivity contribution >= 4 is 5.88 Å². The number of fused-ring (bicyclic) bond motifs is 1. The van der Waals surface area contributed by atoms with Gasteiger partial charge in [-0.25, -0.2) is 0 Å². The van der Waals surface area contributed by atoms with E-state index in [-0.39, 0.29) is 0 Å². The van der Waals surface area contributed by atoms with Crippen LogP contribution in [0.3, 0.4) is 0 Å². The van der Waals surface area contributed by atoms with Crippen LogP contribution in [0.15, 0.2) is 28.8 Å². The molecule has 104 valence electrons. The van der Waals surface area contributed by atoms with Gasteiger partial charge in [0.2, 0.25) is 5.88 Å². The second-order valence-corrected chi connectivity index (χ2v) is 6.31. The molecule has 2 saturated carbocycles. The Balaban J connectivity index is 1.73. The fourth-order valence-corrected chi connectivity index (χ4v) is 3.95. The van der Waals surface area contributed by atoms with Gasteiger partial charge in [0.15, 0.2) is 0 Å². The van der Waals surface area contributed by atoms with Crippen molar-refractivity contribution in [3.8, 4) is 11.1 Å². The van der Waals surface area contributed by atoms with Crippen molar-refractivity contribution in [3.63, 3.8) is 0 Å². The molecule has 2 aliphatic carbocycles. The summed E-state index contributed by atoms with van der Waals surface area (Å²) in [6.07, 6.45) is 5.42. The van der Waals surface area contributed by atoms with Crippen LogP contribution in [-0.4, -0.2) is 5.16 Å². The molecule has 1 heterocycles. The van der Waals surface area contributed by atoms with E-state index in [1.165, 1.54) is 31.2 Å². The molecular weight excluding hydrogens is 248 g/mol. The smallest absolute Gasteiger partial charge is 0.230 e. The van der Waals surface area contributed by atoms with Gasteiger partial charge in [-0.1, -0.05) is 47.8 Å². The maximum atomic E-state index is 6.04. The first kappa shape index (κ1) is 12.0. The van der Waals surface area contributed by atoms with Crippen LogP contribution in [0.4, 0.5) is 5.88 Å². The molecule has 2 aliphatic rings. The molecule has 0 bridgehead atoms. The average Bonchev–Trinajstić information content (AvgIpc) is 3.08. The summed E-state index contributed by atoms with van der Waals surface area (Å²) in [5.74, 6) is 2.68. The molecule has 3 nitrogen and oxygen atoms in total. The summed E-state index contributed by atoms with van der Waals surface area (Å²) < 4.78 is 5.32. The summed E-state index contributed by atoms with van der Waals surface area (Å²) in [6, 6.07) is 8.47. The summed E-state index contributed by atoms with van der Waals surface area (Å²) >= 11 is 0. The summed E-state index contributed by atoms with van der Waals surface area (Å²) in [6.45, 7) is 2.09. The third-order valence-corrected chi connectivity index (χ3v) is 5.06. The van der Waals surface area contributed by atoms with Crippen molar-refractivity contribution in [2.24, 2.45) is 11.8 Å². The van der Waals surface area contributed by atoms with Gasteiger partial charge in [0.25, 0.3) is 0 Å². The minimum Gasteiger partial charge on any atom is -0.367 e. The maximum absolute atomic E-state index is 6.04. The minimum atomic E-state index is 0.465. The number of nitrogens with two attached hydrogens (primary N) is 1. The summed E-state index contributed by atoms with van der Waals surface area (Å²) in [4.78, 5) is 0. The van der Waals surface area contributed by atoms with E-state index in [0.717, 1.165) is 28.7 Å². The highest BCUT2D eigenvalue weighted by molar-refractivity contribution is 5.76. The zero-order valence-electron chi connectivity index (χ0n) is 11.8. The van der Waals surface area contributed by atoms with Crippen molar-refractivity contribution in [3.05, 3.63) is 35.5 Å².